The second-order valence-corrected chi connectivity index (χ2v) is 7.72. The van der Waals surface area contributed by atoms with Crippen LogP contribution in [0.2, 0.25) is 0 Å². The van der Waals surface area contributed by atoms with E-state index < -0.39 is 0 Å². The highest BCUT2D eigenvalue weighted by molar-refractivity contribution is 4.84. The lowest BCUT2D eigenvalue weighted by Gasteiger charge is -2.37. The van der Waals surface area contributed by atoms with Gasteiger partial charge in [0.05, 0.1) is 12.7 Å². The van der Waals surface area contributed by atoms with Crippen molar-refractivity contribution in [3.8, 4) is 0 Å². The minimum Gasteiger partial charge on any atom is -0.378 e. The Morgan fingerprint density at radius 1 is 0.870 bits per heavy atom. The summed E-state index contributed by atoms with van der Waals surface area (Å²) >= 11 is 0. The van der Waals surface area contributed by atoms with Crippen LogP contribution in [0, 0.1) is 17.8 Å². The molecule has 0 aromatic rings. The molecule has 0 bridgehead atoms. The van der Waals surface area contributed by atoms with Gasteiger partial charge in [-0.25, -0.2) is 0 Å². The van der Waals surface area contributed by atoms with Crippen molar-refractivity contribution in [3.63, 3.8) is 0 Å². The predicted octanol–water partition coefficient (Wildman–Crippen LogP) is 6.69. The molecule has 0 aliphatic heterocycles. The number of allylic oxidation sites excluding steroid dienone is 2. The second kappa shape index (κ2) is 11.1. The molecule has 0 spiro atoms. The number of hydrogen-bond donors (Lipinski definition) is 0. The third-order valence-electron chi connectivity index (χ3n) is 6.10. The zero-order valence-corrected chi connectivity index (χ0v) is 15.3. The van der Waals surface area contributed by atoms with Gasteiger partial charge in [-0.1, -0.05) is 38.0 Å². The molecule has 2 aliphatic rings. The van der Waals surface area contributed by atoms with Crippen LogP contribution >= 0.6 is 0 Å². The Bertz CT molecular complexity index is 330. The van der Waals surface area contributed by atoms with E-state index in [1.54, 1.807) is 0 Å². The minimum atomic E-state index is 0.546. The maximum absolute atomic E-state index is 6.07. The fourth-order valence-corrected chi connectivity index (χ4v) is 4.62. The van der Waals surface area contributed by atoms with Crippen LogP contribution in [0.4, 0.5) is 0 Å². The van der Waals surface area contributed by atoms with Crippen LogP contribution in [0.25, 0.3) is 0 Å². The van der Waals surface area contributed by atoms with Gasteiger partial charge >= 0.3 is 0 Å². The molecule has 0 atom stereocenters. The van der Waals surface area contributed by atoms with Crippen molar-refractivity contribution < 1.29 is 4.74 Å². The largest absolute Gasteiger partial charge is 0.378 e. The SMILES string of the molecule is C=CCC[C@H]1CC[C@H]([C@H]2CC[C@H](OCC/C=C\CC)CC2)CC1. The summed E-state index contributed by atoms with van der Waals surface area (Å²) in [5.74, 6) is 3.00. The third kappa shape index (κ3) is 6.83. The van der Waals surface area contributed by atoms with Crippen molar-refractivity contribution in [2.75, 3.05) is 6.61 Å². The van der Waals surface area contributed by atoms with Crippen LogP contribution in [0.15, 0.2) is 24.8 Å². The maximum Gasteiger partial charge on any atom is 0.0575 e. The van der Waals surface area contributed by atoms with E-state index in [0.29, 0.717) is 6.10 Å². The van der Waals surface area contributed by atoms with Gasteiger partial charge in [-0.05, 0) is 82.0 Å². The summed E-state index contributed by atoms with van der Waals surface area (Å²) in [6, 6.07) is 0. The van der Waals surface area contributed by atoms with Crippen LogP contribution < -0.4 is 0 Å². The van der Waals surface area contributed by atoms with Crippen molar-refractivity contribution in [1.29, 1.82) is 0 Å². The average Bonchev–Trinajstić information content (AvgIpc) is 2.61. The Labute approximate surface area is 144 Å². The van der Waals surface area contributed by atoms with E-state index in [9.17, 15) is 0 Å². The second-order valence-electron chi connectivity index (χ2n) is 7.72. The lowest BCUT2D eigenvalue weighted by Crippen LogP contribution is -2.28. The van der Waals surface area contributed by atoms with Crippen molar-refractivity contribution >= 4 is 0 Å². The van der Waals surface area contributed by atoms with Crippen molar-refractivity contribution in [2.45, 2.75) is 90.1 Å². The first kappa shape index (κ1) is 18.8. The summed E-state index contributed by atoms with van der Waals surface area (Å²) in [7, 11) is 0. The molecule has 0 aromatic carbocycles. The van der Waals surface area contributed by atoms with E-state index in [0.717, 1.165) is 37.2 Å². The number of ether oxygens (including phenoxy) is 1. The van der Waals surface area contributed by atoms with E-state index in [1.165, 1.54) is 64.2 Å². The van der Waals surface area contributed by atoms with E-state index >= 15 is 0 Å². The van der Waals surface area contributed by atoms with Crippen LogP contribution in [-0.4, -0.2) is 12.7 Å². The highest BCUT2D eigenvalue weighted by Crippen LogP contribution is 2.41. The van der Waals surface area contributed by atoms with Gasteiger partial charge in [0.25, 0.3) is 0 Å². The summed E-state index contributed by atoms with van der Waals surface area (Å²) in [5, 5.41) is 0. The monoisotopic (exact) mass is 318 g/mol. The smallest absolute Gasteiger partial charge is 0.0575 e. The highest BCUT2D eigenvalue weighted by atomic mass is 16.5. The number of rotatable bonds is 9. The molecule has 0 heterocycles. The van der Waals surface area contributed by atoms with E-state index in [-0.39, 0.29) is 0 Å². The average molecular weight is 319 g/mol. The van der Waals surface area contributed by atoms with Crippen molar-refractivity contribution in [2.24, 2.45) is 17.8 Å². The summed E-state index contributed by atoms with van der Waals surface area (Å²) < 4.78 is 6.07. The third-order valence-corrected chi connectivity index (χ3v) is 6.10. The molecule has 0 aromatic heterocycles. The lowest BCUT2D eigenvalue weighted by atomic mass is 9.70. The number of hydrogen-bond acceptors (Lipinski definition) is 1. The van der Waals surface area contributed by atoms with Gasteiger partial charge in [-0.15, -0.1) is 6.58 Å². The maximum atomic E-state index is 6.07. The van der Waals surface area contributed by atoms with Crippen LogP contribution in [-0.2, 0) is 4.74 Å². The molecular weight excluding hydrogens is 280 g/mol. The predicted molar refractivity (Wildman–Crippen MR) is 101 cm³/mol. The lowest BCUT2D eigenvalue weighted by molar-refractivity contribution is 0.00913. The van der Waals surface area contributed by atoms with Crippen LogP contribution in [0.5, 0.6) is 0 Å². The minimum absolute atomic E-state index is 0.546. The molecule has 0 N–H and O–H groups in total. The molecule has 0 amide bonds. The van der Waals surface area contributed by atoms with Gasteiger partial charge in [0.2, 0.25) is 0 Å². The van der Waals surface area contributed by atoms with Gasteiger partial charge in [0.1, 0.15) is 0 Å². The van der Waals surface area contributed by atoms with Crippen molar-refractivity contribution in [3.05, 3.63) is 24.8 Å². The molecule has 132 valence electrons. The first-order valence-corrected chi connectivity index (χ1v) is 10.2. The van der Waals surface area contributed by atoms with Gasteiger partial charge in [0.15, 0.2) is 0 Å². The Balaban J connectivity index is 1.58. The normalized spacial score (nSPS) is 32.2. The molecule has 2 fully saturated rings. The molecule has 0 radical (unpaired) electrons. The van der Waals surface area contributed by atoms with Crippen LogP contribution in [0.1, 0.15) is 84.0 Å². The molecule has 23 heavy (non-hydrogen) atoms. The van der Waals surface area contributed by atoms with E-state index in [1.807, 2.05) is 0 Å². The zero-order valence-electron chi connectivity index (χ0n) is 15.3. The molecular formula is C22H38O. The summed E-state index contributed by atoms with van der Waals surface area (Å²) in [5.41, 5.74) is 0. The first-order valence-electron chi connectivity index (χ1n) is 10.2. The first-order chi connectivity index (χ1) is 11.3. The van der Waals surface area contributed by atoms with E-state index in [4.69, 9.17) is 4.74 Å². The Morgan fingerprint density at radius 3 is 2.13 bits per heavy atom. The fourth-order valence-electron chi connectivity index (χ4n) is 4.62. The zero-order chi connectivity index (χ0) is 16.3. The van der Waals surface area contributed by atoms with Crippen molar-refractivity contribution in [1.82, 2.24) is 0 Å². The fraction of sp³-hybridized carbons (Fsp3) is 0.818. The molecule has 0 saturated heterocycles. The molecule has 2 rings (SSSR count). The standard InChI is InChI=1S/C22H38O/c1-3-5-7-8-18-23-22-16-14-21(15-17-22)20-12-10-19(11-13-20)9-6-4-2/h4-5,7,19-22H,2-3,6,8-18H2,1H3/b7-5-/t19-,20-,21-,22-. The summed E-state index contributed by atoms with van der Waals surface area (Å²) in [6.45, 7) is 6.96. The Hall–Kier alpha value is -0.560. The van der Waals surface area contributed by atoms with Gasteiger partial charge in [-0.2, -0.15) is 0 Å². The molecule has 2 aliphatic carbocycles. The summed E-state index contributed by atoms with van der Waals surface area (Å²) in [6.07, 6.45) is 23.3. The topological polar surface area (TPSA) is 9.23 Å². The Morgan fingerprint density at radius 2 is 1.52 bits per heavy atom. The molecule has 0 unspecified atom stereocenters. The van der Waals surface area contributed by atoms with E-state index in [2.05, 4.69) is 31.7 Å². The van der Waals surface area contributed by atoms with Gasteiger partial charge in [-0.3, -0.25) is 0 Å². The van der Waals surface area contributed by atoms with Gasteiger partial charge in [0, 0.05) is 0 Å². The molecule has 1 heteroatoms. The quantitative estimate of drug-likeness (QED) is 0.340. The van der Waals surface area contributed by atoms with Crippen LogP contribution in [0.3, 0.4) is 0 Å². The highest BCUT2D eigenvalue weighted by Gasteiger charge is 2.30. The Kier molecular flexibility index (Phi) is 9.04. The molecule has 1 nitrogen and oxygen atoms in total. The summed E-state index contributed by atoms with van der Waals surface area (Å²) in [4.78, 5) is 0. The van der Waals surface area contributed by atoms with Gasteiger partial charge < -0.3 is 4.74 Å². The molecule has 2 saturated carbocycles.